The van der Waals surface area contributed by atoms with Crippen molar-refractivity contribution in [3.05, 3.63) is 17.5 Å². The molecular formula is C22H39N5O2. The van der Waals surface area contributed by atoms with Gasteiger partial charge >= 0.3 is 0 Å². The number of ether oxygens (including phenoxy) is 1. The van der Waals surface area contributed by atoms with Crippen LogP contribution in [0.25, 0.3) is 0 Å². The van der Waals surface area contributed by atoms with Crippen molar-refractivity contribution < 1.29 is 9.26 Å². The van der Waals surface area contributed by atoms with E-state index in [0.29, 0.717) is 12.5 Å². The summed E-state index contributed by atoms with van der Waals surface area (Å²) in [4.78, 5) is 7.07. The fourth-order valence-corrected chi connectivity index (χ4v) is 4.80. The summed E-state index contributed by atoms with van der Waals surface area (Å²) in [6.45, 7) is 9.66. The second-order valence-corrected chi connectivity index (χ2v) is 8.40. The van der Waals surface area contributed by atoms with Gasteiger partial charge in [-0.25, -0.2) is 0 Å². The molecule has 2 N–H and O–H groups in total. The molecule has 1 aromatic heterocycles. The highest BCUT2D eigenvalue weighted by molar-refractivity contribution is 5.79. The molecule has 164 valence electrons. The van der Waals surface area contributed by atoms with Crippen LogP contribution in [0.1, 0.15) is 76.2 Å². The molecule has 1 aromatic rings. The minimum atomic E-state index is 0.217. The fourth-order valence-electron chi connectivity index (χ4n) is 4.80. The Morgan fingerprint density at radius 1 is 1.17 bits per heavy atom. The third-order valence-corrected chi connectivity index (χ3v) is 6.69. The lowest BCUT2D eigenvalue weighted by molar-refractivity contribution is -0.0352. The first kappa shape index (κ1) is 22.1. The normalized spacial score (nSPS) is 20.8. The van der Waals surface area contributed by atoms with E-state index >= 15 is 0 Å². The first-order valence-corrected chi connectivity index (χ1v) is 11.4. The smallest absolute Gasteiger partial charge is 0.191 e. The molecule has 0 aromatic carbocycles. The topological polar surface area (TPSA) is 74.9 Å². The van der Waals surface area contributed by atoms with Gasteiger partial charge in [-0.1, -0.05) is 38.3 Å². The van der Waals surface area contributed by atoms with Crippen LogP contribution in [0, 0.1) is 0 Å². The van der Waals surface area contributed by atoms with Crippen molar-refractivity contribution in [3.63, 3.8) is 0 Å². The molecular weight excluding hydrogens is 366 g/mol. The van der Waals surface area contributed by atoms with Gasteiger partial charge in [0.1, 0.15) is 0 Å². The molecule has 7 heteroatoms. The summed E-state index contributed by atoms with van der Waals surface area (Å²) < 4.78 is 11.1. The number of morpholine rings is 1. The third-order valence-electron chi connectivity index (χ3n) is 6.69. The molecule has 0 unspecified atom stereocenters. The van der Waals surface area contributed by atoms with Gasteiger partial charge in [0.05, 0.1) is 25.5 Å². The van der Waals surface area contributed by atoms with Gasteiger partial charge in [-0.15, -0.1) is 0 Å². The van der Waals surface area contributed by atoms with Gasteiger partial charge in [0, 0.05) is 44.2 Å². The first-order valence-electron chi connectivity index (χ1n) is 11.4. The van der Waals surface area contributed by atoms with Gasteiger partial charge in [-0.3, -0.25) is 9.89 Å². The van der Waals surface area contributed by atoms with E-state index in [1.54, 1.807) is 0 Å². The van der Waals surface area contributed by atoms with Crippen LogP contribution < -0.4 is 10.6 Å². The lowest BCUT2D eigenvalue weighted by atomic mass is 9.80. The number of rotatable bonds is 8. The third kappa shape index (κ3) is 5.72. The largest absolute Gasteiger partial charge is 0.379 e. The van der Waals surface area contributed by atoms with Gasteiger partial charge in [0.15, 0.2) is 11.7 Å². The molecule has 0 spiro atoms. The Balaban J connectivity index is 1.55. The molecule has 2 aliphatic rings. The zero-order valence-electron chi connectivity index (χ0n) is 18.5. The SMILES string of the molecule is CCC(CC)c1cc(CNC(=NC)NCC2(N3CCOCC3)CCCCC2)on1. The van der Waals surface area contributed by atoms with Gasteiger partial charge in [-0.05, 0) is 25.7 Å². The predicted octanol–water partition coefficient (Wildman–Crippen LogP) is 3.28. The van der Waals surface area contributed by atoms with Crippen LogP contribution in [0.15, 0.2) is 15.6 Å². The summed E-state index contributed by atoms with van der Waals surface area (Å²) in [5, 5.41) is 11.2. The van der Waals surface area contributed by atoms with Crippen LogP contribution in [0.4, 0.5) is 0 Å². The summed E-state index contributed by atoms with van der Waals surface area (Å²) in [6.07, 6.45) is 8.63. The van der Waals surface area contributed by atoms with E-state index in [9.17, 15) is 0 Å². The quantitative estimate of drug-likeness (QED) is 0.511. The number of hydrogen-bond acceptors (Lipinski definition) is 5. The van der Waals surface area contributed by atoms with Gasteiger partial charge < -0.3 is 19.9 Å². The molecule has 1 saturated heterocycles. The van der Waals surface area contributed by atoms with Crippen molar-refractivity contribution in [1.29, 1.82) is 0 Å². The molecule has 1 aliphatic carbocycles. The lowest BCUT2D eigenvalue weighted by Gasteiger charge is -2.48. The second-order valence-electron chi connectivity index (χ2n) is 8.40. The number of hydrogen-bond donors (Lipinski definition) is 2. The molecule has 3 rings (SSSR count). The summed E-state index contributed by atoms with van der Waals surface area (Å²) in [6, 6.07) is 2.08. The monoisotopic (exact) mass is 405 g/mol. The Morgan fingerprint density at radius 3 is 2.55 bits per heavy atom. The van der Waals surface area contributed by atoms with Crippen molar-refractivity contribution in [1.82, 2.24) is 20.7 Å². The van der Waals surface area contributed by atoms with Crippen LogP contribution in [-0.4, -0.2) is 61.5 Å². The van der Waals surface area contributed by atoms with Crippen molar-refractivity contribution in [2.24, 2.45) is 4.99 Å². The zero-order valence-corrected chi connectivity index (χ0v) is 18.5. The Hall–Kier alpha value is -1.60. The molecule has 29 heavy (non-hydrogen) atoms. The van der Waals surface area contributed by atoms with E-state index in [1.165, 1.54) is 32.1 Å². The molecule has 2 fully saturated rings. The summed E-state index contributed by atoms with van der Waals surface area (Å²) >= 11 is 0. The summed E-state index contributed by atoms with van der Waals surface area (Å²) in [7, 11) is 1.83. The molecule has 0 atom stereocenters. The summed E-state index contributed by atoms with van der Waals surface area (Å²) in [5.74, 6) is 2.16. The second kappa shape index (κ2) is 11.0. The predicted molar refractivity (Wildman–Crippen MR) is 116 cm³/mol. The van der Waals surface area contributed by atoms with E-state index in [4.69, 9.17) is 9.26 Å². The van der Waals surface area contributed by atoms with Crippen LogP contribution >= 0.6 is 0 Å². The fraction of sp³-hybridized carbons (Fsp3) is 0.818. The molecule has 1 aliphatic heterocycles. The van der Waals surface area contributed by atoms with Crippen LogP contribution in [-0.2, 0) is 11.3 Å². The Kier molecular flexibility index (Phi) is 8.36. The molecule has 0 amide bonds. The lowest BCUT2D eigenvalue weighted by Crippen LogP contribution is -2.60. The minimum Gasteiger partial charge on any atom is -0.379 e. The number of nitrogens with one attached hydrogen (secondary N) is 2. The van der Waals surface area contributed by atoms with Gasteiger partial charge in [0.25, 0.3) is 0 Å². The number of guanidine groups is 1. The van der Waals surface area contributed by atoms with Crippen molar-refractivity contribution in [2.75, 3.05) is 39.9 Å². The average Bonchev–Trinajstić information content (AvgIpc) is 3.25. The van der Waals surface area contributed by atoms with Gasteiger partial charge in [-0.2, -0.15) is 0 Å². The van der Waals surface area contributed by atoms with Crippen molar-refractivity contribution >= 4 is 5.96 Å². The van der Waals surface area contributed by atoms with Crippen molar-refractivity contribution in [2.45, 2.75) is 76.8 Å². The van der Waals surface area contributed by atoms with E-state index in [2.05, 4.69) is 45.6 Å². The number of nitrogens with zero attached hydrogens (tertiary/aromatic N) is 3. The highest BCUT2D eigenvalue weighted by Crippen LogP contribution is 2.33. The summed E-state index contributed by atoms with van der Waals surface area (Å²) in [5.41, 5.74) is 1.28. The number of aromatic nitrogens is 1. The Bertz CT molecular complexity index is 629. The van der Waals surface area contributed by atoms with E-state index in [1.807, 2.05) is 7.05 Å². The maximum atomic E-state index is 5.59. The highest BCUT2D eigenvalue weighted by Gasteiger charge is 2.38. The van der Waals surface area contributed by atoms with Crippen LogP contribution in [0.3, 0.4) is 0 Å². The van der Waals surface area contributed by atoms with E-state index < -0.39 is 0 Å². The van der Waals surface area contributed by atoms with Crippen LogP contribution in [0.5, 0.6) is 0 Å². The molecule has 7 nitrogen and oxygen atoms in total. The zero-order chi connectivity index (χ0) is 20.5. The molecule has 0 radical (unpaired) electrons. The maximum absolute atomic E-state index is 5.59. The number of aliphatic imine (C=N–C) groups is 1. The maximum Gasteiger partial charge on any atom is 0.191 e. The van der Waals surface area contributed by atoms with Crippen LogP contribution in [0.2, 0.25) is 0 Å². The minimum absolute atomic E-state index is 0.217. The molecule has 2 heterocycles. The molecule has 0 bridgehead atoms. The standard InChI is InChI=1S/C22H39N5O2/c1-4-18(5-2)20-15-19(29-26-20)16-24-21(23-3)25-17-22(9-7-6-8-10-22)27-11-13-28-14-12-27/h15,18H,4-14,16-17H2,1-3H3,(H2,23,24,25). The van der Waals surface area contributed by atoms with E-state index in [-0.39, 0.29) is 5.54 Å². The highest BCUT2D eigenvalue weighted by atomic mass is 16.5. The first-order chi connectivity index (χ1) is 14.2. The Morgan fingerprint density at radius 2 is 1.90 bits per heavy atom. The average molecular weight is 406 g/mol. The van der Waals surface area contributed by atoms with E-state index in [0.717, 1.165) is 63.1 Å². The molecule has 1 saturated carbocycles. The van der Waals surface area contributed by atoms with Crippen molar-refractivity contribution in [3.8, 4) is 0 Å². The van der Waals surface area contributed by atoms with Gasteiger partial charge in [0.2, 0.25) is 0 Å². The Labute approximate surface area is 175 Å².